The van der Waals surface area contributed by atoms with Crippen LogP contribution in [0.25, 0.3) is 5.57 Å². The first-order valence-electron chi connectivity index (χ1n) is 9.29. The Balaban J connectivity index is 1.63. The first-order valence-corrected chi connectivity index (χ1v) is 9.29. The summed E-state index contributed by atoms with van der Waals surface area (Å²) in [6, 6.07) is 14.3. The second-order valence-corrected chi connectivity index (χ2v) is 7.23. The number of hydrogen-bond donors (Lipinski definition) is 0. The average Bonchev–Trinajstić information content (AvgIpc) is 2.67. The Bertz CT molecular complexity index is 864. The minimum absolute atomic E-state index is 0.0923. The number of morpholine rings is 1. The number of rotatable bonds is 4. The van der Waals surface area contributed by atoms with E-state index in [2.05, 4.69) is 23.1 Å². The van der Waals surface area contributed by atoms with E-state index in [-0.39, 0.29) is 17.8 Å². The third kappa shape index (κ3) is 3.80. The molecule has 0 amide bonds. The summed E-state index contributed by atoms with van der Waals surface area (Å²) >= 11 is 0. The maximum absolute atomic E-state index is 13.0. The highest BCUT2D eigenvalue weighted by molar-refractivity contribution is 5.73. The lowest BCUT2D eigenvalue weighted by Gasteiger charge is -2.45. The van der Waals surface area contributed by atoms with Gasteiger partial charge in [0.2, 0.25) is 0 Å². The Morgan fingerprint density at radius 3 is 2.57 bits per heavy atom. The molecule has 2 atom stereocenters. The molecule has 2 aromatic rings. The fraction of sp³-hybridized carbons (Fsp3) is 0.364. The zero-order valence-electron chi connectivity index (χ0n) is 15.6. The van der Waals surface area contributed by atoms with Crippen LogP contribution in [0, 0.1) is 0 Å². The Kier molecular flexibility index (Phi) is 5.17. The molecule has 6 heteroatoms. The number of methoxy groups -OCH3 is 1. The molecule has 0 aliphatic carbocycles. The van der Waals surface area contributed by atoms with E-state index in [0.29, 0.717) is 19.6 Å². The van der Waals surface area contributed by atoms with E-state index in [0.717, 1.165) is 29.8 Å². The van der Waals surface area contributed by atoms with Crippen LogP contribution in [0.5, 0.6) is 5.75 Å². The number of ether oxygens (including phenoxy) is 2. The minimum Gasteiger partial charge on any atom is -0.496 e. The van der Waals surface area contributed by atoms with E-state index >= 15 is 0 Å². The quantitative estimate of drug-likeness (QED) is 0.752. The van der Waals surface area contributed by atoms with Crippen molar-refractivity contribution in [3.63, 3.8) is 0 Å². The van der Waals surface area contributed by atoms with Crippen LogP contribution in [-0.2, 0) is 17.5 Å². The van der Waals surface area contributed by atoms with Gasteiger partial charge in [-0.1, -0.05) is 42.5 Å². The van der Waals surface area contributed by atoms with E-state index < -0.39 is 11.7 Å². The minimum atomic E-state index is -4.39. The smallest absolute Gasteiger partial charge is 0.416 e. The van der Waals surface area contributed by atoms with Crippen LogP contribution in [0.1, 0.15) is 23.1 Å². The molecular weight excluding hydrogens is 367 g/mol. The highest BCUT2D eigenvalue weighted by atomic mass is 19.4. The van der Waals surface area contributed by atoms with Crippen molar-refractivity contribution >= 4 is 5.57 Å². The predicted octanol–water partition coefficient (Wildman–Crippen LogP) is 4.77. The number of fused-ring (bicyclic) bond motifs is 2. The Morgan fingerprint density at radius 1 is 1.11 bits per heavy atom. The third-order valence-corrected chi connectivity index (χ3v) is 5.43. The van der Waals surface area contributed by atoms with Crippen molar-refractivity contribution in [3.05, 3.63) is 71.3 Å². The van der Waals surface area contributed by atoms with Crippen molar-refractivity contribution in [2.75, 3.05) is 20.3 Å². The summed E-state index contributed by atoms with van der Waals surface area (Å²) in [5.74, 6) is 0.261. The van der Waals surface area contributed by atoms with Gasteiger partial charge in [0.1, 0.15) is 5.75 Å². The zero-order chi connectivity index (χ0) is 19.7. The number of hydrogen-bond acceptors (Lipinski definition) is 3. The number of nitrogens with zero attached hydrogens (tertiary/aromatic N) is 1. The van der Waals surface area contributed by atoms with E-state index in [1.54, 1.807) is 0 Å². The standard InChI is InChI=1S/C22H22F3NO2/c1-27-21-11-17(22(23,24)25)7-8-20(21)16-9-18-13-28-14-19(10-16)26(18)12-15-5-3-2-4-6-15/h2-9,11,18-19H,10,12-14H2,1H3. The molecule has 148 valence electrons. The lowest BCUT2D eigenvalue weighted by atomic mass is 9.88. The largest absolute Gasteiger partial charge is 0.496 e. The van der Waals surface area contributed by atoms with Gasteiger partial charge in [-0.15, -0.1) is 0 Å². The molecular formula is C22H22F3NO2. The van der Waals surface area contributed by atoms with Gasteiger partial charge in [0.05, 0.1) is 31.9 Å². The van der Waals surface area contributed by atoms with Crippen molar-refractivity contribution < 1.29 is 22.6 Å². The maximum atomic E-state index is 13.0. The molecule has 2 bridgehead atoms. The van der Waals surface area contributed by atoms with Crippen LogP contribution < -0.4 is 4.74 Å². The van der Waals surface area contributed by atoms with Crippen molar-refractivity contribution in [1.29, 1.82) is 0 Å². The molecule has 1 saturated heterocycles. The molecule has 1 fully saturated rings. The second-order valence-electron chi connectivity index (χ2n) is 7.23. The molecule has 2 heterocycles. The molecule has 2 aliphatic rings. The van der Waals surface area contributed by atoms with Crippen molar-refractivity contribution in [2.45, 2.75) is 31.2 Å². The molecule has 2 aliphatic heterocycles. The fourth-order valence-electron chi connectivity index (χ4n) is 4.03. The van der Waals surface area contributed by atoms with Gasteiger partial charge < -0.3 is 9.47 Å². The Labute approximate surface area is 162 Å². The van der Waals surface area contributed by atoms with Crippen LogP contribution in [0.4, 0.5) is 13.2 Å². The average molecular weight is 389 g/mol. The maximum Gasteiger partial charge on any atom is 0.416 e. The van der Waals surface area contributed by atoms with Gasteiger partial charge in [-0.25, -0.2) is 0 Å². The summed E-state index contributed by atoms with van der Waals surface area (Å²) in [7, 11) is 1.41. The van der Waals surface area contributed by atoms with Crippen LogP contribution in [0.15, 0.2) is 54.6 Å². The molecule has 0 spiro atoms. The lowest BCUT2D eigenvalue weighted by Crippen LogP contribution is -2.53. The lowest BCUT2D eigenvalue weighted by molar-refractivity contribution is -0.137. The summed E-state index contributed by atoms with van der Waals surface area (Å²) in [6.07, 6.45) is -1.56. The molecule has 0 aromatic heterocycles. The number of halogens is 3. The summed E-state index contributed by atoms with van der Waals surface area (Å²) in [4.78, 5) is 2.42. The molecule has 3 nitrogen and oxygen atoms in total. The molecule has 4 rings (SSSR count). The van der Waals surface area contributed by atoms with Gasteiger partial charge in [-0.2, -0.15) is 13.2 Å². The highest BCUT2D eigenvalue weighted by Crippen LogP contribution is 2.39. The second kappa shape index (κ2) is 7.60. The van der Waals surface area contributed by atoms with Gasteiger partial charge in [0.25, 0.3) is 0 Å². The van der Waals surface area contributed by atoms with E-state index in [9.17, 15) is 13.2 Å². The van der Waals surface area contributed by atoms with Crippen LogP contribution in [-0.4, -0.2) is 37.3 Å². The van der Waals surface area contributed by atoms with E-state index in [4.69, 9.17) is 9.47 Å². The van der Waals surface area contributed by atoms with Crippen molar-refractivity contribution in [1.82, 2.24) is 4.90 Å². The van der Waals surface area contributed by atoms with Crippen LogP contribution in [0.3, 0.4) is 0 Å². The summed E-state index contributed by atoms with van der Waals surface area (Å²) in [5.41, 5.74) is 2.29. The Hall–Kier alpha value is -2.31. The fourth-order valence-corrected chi connectivity index (χ4v) is 4.03. The zero-order valence-corrected chi connectivity index (χ0v) is 15.6. The SMILES string of the molecule is COc1cc(C(F)(F)F)ccc1C1=CC2COCC(C1)N2Cc1ccccc1. The van der Waals surface area contributed by atoms with Crippen molar-refractivity contribution in [3.8, 4) is 5.75 Å². The molecule has 0 N–H and O–H groups in total. The van der Waals surface area contributed by atoms with E-state index in [1.807, 2.05) is 18.2 Å². The third-order valence-electron chi connectivity index (χ3n) is 5.43. The monoisotopic (exact) mass is 389 g/mol. The van der Waals surface area contributed by atoms with E-state index in [1.165, 1.54) is 18.7 Å². The van der Waals surface area contributed by atoms with Gasteiger partial charge in [0.15, 0.2) is 0 Å². The first kappa shape index (κ1) is 19.0. The Morgan fingerprint density at radius 2 is 1.89 bits per heavy atom. The number of benzene rings is 2. The van der Waals surface area contributed by atoms with Gasteiger partial charge in [0, 0.05) is 18.2 Å². The molecule has 0 radical (unpaired) electrons. The summed E-state index contributed by atoms with van der Waals surface area (Å²) in [5, 5.41) is 0. The first-order chi connectivity index (χ1) is 13.5. The molecule has 0 saturated carbocycles. The summed E-state index contributed by atoms with van der Waals surface area (Å²) < 4.78 is 50.1. The number of alkyl halides is 3. The molecule has 2 unspecified atom stereocenters. The van der Waals surface area contributed by atoms with Crippen LogP contribution >= 0.6 is 0 Å². The van der Waals surface area contributed by atoms with Gasteiger partial charge >= 0.3 is 6.18 Å². The predicted molar refractivity (Wildman–Crippen MR) is 101 cm³/mol. The van der Waals surface area contributed by atoms with Crippen LogP contribution in [0.2, 0.25) is 0 Å². The van der Waals surface area contributed by atoms with Gasteiger partial charge in [-0.05, 0) is 29.7 Å². The molecule has 28 heavy (non-hydrogen) atoms. The normalized spacial score (nSPS) is 22.6. The topological polar surface area (TPSA) is 21.7 Å². The summed E-state index contributed by atoms with van der Waals surface area (Å²) in [6.45, 7) is 2.02. The highest BCUT2D eigenvalue weighted by Gasteiger charge is 2.36. The van der Waals surface area contributed by atoms with Gasteiger partial charge in [-0.3, -0.25) is 4.90 Å². The molecule has 2 aromatic carbocycles. The van der Waals surface area contributed by atoms with Crippen molar-refractivity contribution in [2.24, 2.45) is 0 Å².